The van der Waals surface area contributed by atoms with Crippen LogP contribution in [0.2, 0.25) is 0 Å². The SMILES string of the molecule is CC1CN(Cc2ccccc2)CC1NC(=O)c1cc(C2CC2)on1. The third kappa shape index (κ3) is 3.36. The molecule has 126 valence electrons. The molecule has 1 aromatic carbocycles. The number of carbonyl (C=O) groups excluding carboxylic acids is 1. The van der Waals surface area contributed by atoms with Crippen LogP contribution in [-0.4, -0.2) is 35.1 Å². The Kier molecular flexibility index (Phi) is 4.10. The number of benzene rings is 1. The first kappa shape index (κ1) is 15.4. The van der Waals surface area contributed by atoms with Gasteiger partial charge in [-0.15, -0.1) is 0 Å². The monoisotopic (exact) mass is 325 g/mol. The summed E-state index contributed by atoms with van der Waals surface area (Å²) in [5.74, 6) is 1.63. The zero-order valence-corrected chi connectivity index (χ0v) is 13.9. The predicted octanol–water partition coefficient (Wildman–Crippen LogP) is 2.80. The van der Waals surface area contributed by atoms with E-state index < -0.39 is 0 Å². The molecule has 2 unspecified atom stereocenters. The molecule has 0 radical (unpaired) electrons. The molecule has 0 spiro atoms. The van der Waals surface area contributed by atoms with Gasteiger partial charge in [-0.05, 0) is 24.3 Å². The molecule has 5 heteroatoms. The van der Waals surface area contributed by atoms with Crippen LogP contribution in [0.3, 0.4) is 0 Å². The van der Waals surface area contributed by atoms with Gasteiger partial charge in [0.15, 0.2) is 5.69 Å². The molecule has 24 heavy (non-hydrogen) atoms. The average Bonchev–Trinajstić information content (AvgIpc) is 3.21. The lowest BCUT2D eigenvalue weighted by Gasteiger charge is -2.16. The highest BCUT2D eigenvalue weighted by Gasteiger charge is 2.32. The minimum Gasteiger partial charge on any atom is -0.360 e. The number of likely N-dealkylation sites (tertiary alicyclic amines) is 1. The van der Waals surface area contributed by atoms with Crippen molar-refractivity contribution in [3.05, 3.63) is 53.4 Å². The number of nitrogens with one attached hydrogen (secondary N) is 1. The van der Waals surface area contributed by atoms with Crippen molar-refractivity contribution in [2.45, 2.75) is 38.3 Å². The van der Waals surface area contributed by atoms with Crippen molar-refractivity contribution in [2.24, 2.45) is 5.92 Å². The van der Waals surface area contributed by atoms with Crippen molar-refractivity contribution in [3.8, 4) is 0 Å². The quantitative estimate of drug-likeness (QED) is 0.918. The van der Waals surface area contributed by atoms with Gasteiger partial charge in [0, 0.05) is 37.7 Å². The molecule has 1 aliphatic carbocycles. The standard InChI is InChI=1S/C19H23N3O2/c1-13-10-22(11-14-5-3-2-4-6-14)12-17(13)20-19(23)16-9-18(24-21-16)15-7-8-15/h2-6,9,13,15,17H,7-8,10-12H2,1H3,(H,20,23). The summed E-state index contributed by atoms with van der Waals surface area (Å²) in [6, 6.07) is 12.4. The maximum atomic E-state index is 12.4. The van der Waals surface area contributed by atoms with Crippen molar-refractivity contribution < 1.29 is 9.32 Å². The molecule has 2 aromatic rings. The van der Waals surface area contributed by atoms with E-state index >= 15 is 0 Å². The van der Waals surface area contributed by atoms with Crippen molar-refractivity contribution in [3.63, 3.8) is 0 Å². The van der Waals surface area contributed by atoms with Crippen LogP contribution in [0.1, 0.15) is 47.5 Å². The molecule has 1 aliphatic heterocycles. The van der Waals surface area contributed by atoms with E-state index in [1.165, 1.54) is 5.56 Å². The molecule has 1 aromatic heterocycles. The van der Waals surface area contributed by atoms with E-state index in [0.29, 0.717) is 17.5 Å². The van der Waals surface area contributed by atoms with Crippen LogP contribution < -0.4 is 5.32 Å². The van der Waals surface area contributed by atoms with Crippen molar-refractivity contribution in [1.29, 1.82) is 0 Å². The largest absolute Gasteiger partial charge is 0.360 e. The fourth-order valence-corrected chi connectivity index (χ4v) is 3.42. The molecule has 1 saturated heterocycles. The van der Waals surface area contributed by atoms with E-state index in [9.17, 15) is 4.79 Å². The highest BCUT2D eigenvalue weighted by molar-refractivity contribution is 5.92. The number of hydrogen-bond acceptors (Lipinski definition) is 4. The van der Waals surface area contributed by atoms with Crippen LogP contribution in [0.4, 0.5) is 0 Å². The van der Waals surface area contributed by atoms with Crippen molar-refractivity contribution in [2.75, 3.05) is 13.1 Å². The number of carbonyl (C=O) groups is 1. The second kappa shape index (κ2) is 6.40. The van der Waals surface area contributed by atoms with Crippen LogP contribution in [0.15, 0.2) is 40.9 Å². The van der Waals surface area contributed by atoms with Gasteiger partial charge in [0.1, 0.15) is 5.76 Å². The summed E-state index contributed by atoms with van der Waals surface area (Å²) in [5, 5.41) is 7.06. The molecule has 2 heterocycles. The van der Waals surface area contributed by atoms with E-state index in [-0.39, 0.29) is 11.9 Å². The lowest BCUT2D eigenvalue weighted by Crippen LogP contribution is -2.39. The minimum absolute atomic E-state index is 0.121. The summed E-state index contributed by atoms with van der Waals surface area (Å²) >= 11 is 0. The summed E-state index contributed by atoms with van der Waals surface area (Å²) in [5.41, 5.74) is 1.72. The van der Waals surface area contributed by atoms with Crippen molar-refractivity contribution in [1.82, 2.24) is 15.4 Å². The maximum Gasteiger partial charge on any atom is 0.273 e. The Bertz CT molecular complexity index is 708. The second-order valence-corrected chi connectivity index (χ2v) is 7.13. The number of rotatable bonds is 5. The molecule has 1 saturated carbocycles. The average molecular weight is 325 g/mol. The Hall–Kier alpha value is -2.14. The molecular formula is C19H23N3O2. The highest BCUT2D eigenvalue weighted by Crippen LogP contribution is 2.40. The number of aromatic nitrogens is 1. The maximum absolute atomic E-state index is 12.4. The predicted molar refractivity (Wildman–Crippen MR) is 90.6 cm³/mol. The van der Waals surface area contributed by atoms with Gasteiger partial charge >= 0.3 is 0 Å². The lowest BCUT2D eigenvalue weighted by molar-refractivity contribution is 0.0922. The molecule has 1 amide bonds. The Morgan fingerprint density at radius 2 is 2.08 bits per heavy atom. The van der Waals surface area contributed by atoms with Crippen LogP contribution in [0, 0.1) is 5.92 Å². The van der Waals surface area contributed by atoms with E-state index in [0.717, 1.165) is 38.2 Å². The molecule has 2 fully saturated rings. The summed E-state index contributed by atoms with van der Waals surface area (Å²) in [7, 11) is 0. The Balaban J connectivity index is 1.34. The van der Waals surface area contributed by atoms with Gasteiger partial charge in [0.05, 0.1) is 0 Å². The fourth-order valence-electron chi connectivity index (χ4n) is 3.42. The van der Waals surface area contributed by atoms with Gasteiger partial charge in [-0.3, -0.25) is 9.69 Å². The zero-order valence-electron chi connectivity index (χ0n) is 13.9. The summed E-state index contributed by atoms with van der Waals surface area (Å²) in [6.07, 6.45) is 2.29. The van der Waals surface area contributed by atoms with Gasteiger partial charge in [0.25, 0.3) is 5.91 Å². The molecule has 5 nitrogen and oxygen atoms in total. The number of hydrogen-bond donors (Lipinski definition) is 1. The van der Waals surface area contributed by atoms with E-state index in [4.69, 9.17) is 4.52 Å². The van der Waals surface area contributed by atoms with Crippen LogP contribution in [0.5, 0.6) is 0 Å². The molecule has 4 rings (SSSR count). The van der Waals surface area contributed by atoms with Gasteiger partial charge < -0.3 is 9.84 Å². The zero-order chi connectivity index (χ0) is 16.5. The third-order valence-corrected chi connectivity index (χ3v) is 4.99. The first-order chi connectivity index (χ1) is 11.7. The number of nitrogens with zero attached hydrogens (tertiary/aromatic N) is 2. The third-order valence-electron chi connectivity index (χ3n) is 4.99. The lowest BCUT2D eigenvalue weighted by atomic mass is 10.1. The smallest absolute Gasteiger partial charge is 0.273 e. The Morgan fingerprint density at radius 3 is 2.83 bits per heavy atom. The van der Waals surface area contributed by atoms with E-state index in [1.807, 2.05) is 6.07 Å². The summed E-state index contributed by atoms with van der Waals surface area (Å²) in [4.78, 5) is 14.8. The first-order valence-electron chi connectivity index (χ1n) is 8.73. The number of amides is 1. The van der Waals surface area contributed by atoms with Crippen LogP contribution in [-0.2, 0) is 6.54 Å². The van der Waals surface area contributed by atoms with Crippen LogP contribution in [0.25, 0.3) is 0 Å². The molecule has 2 atom stereocenters. The normalized spacial score (nSPS) is 24.2. The van der Waals surface area contributed by atoms with Crippen molar-refractivity contribution >= 4 is 5.91 Å². The van der Waals surface area contributed by atoms with Gasteiger partial charge in [-0.25, -0.2) is 0 Å². The summed E-state index contributed by atoms with van der Waals surface area (Å²) in [6.45, 7) is 4.98. The minimum atomic E-state index is -0.121. The Labute approximate surface area is 142 Å². The highest BCUT2D eigenvalue weighted by atomic mass is 16.5. The molecular weight excluding hydrogens is 302 g/mol. The summed E-state index contributed by atoms with van der Waals surface area (Å²) < 4.78 is 5.28. The topological polar surface area (TPSA) is 58.4 Å². The van der Waals surface area contributed by atoms with Gasteiger partial charge in [-0.2, -0.15) is 0 Å². The molecule has 0 bridgehead atoms. The second-order valence-electron chi connectivity index (χ2n) is 7.13. The van der Waals surface area contributed by atoms with Crippen LogP contribution >= 0.6 is 0 Å². The van der Waals surface area contributed by atoms with Gasteiger partial charge in [0.2, 0.25) is 0 Å². The van der Waals surface area contributed by atoms with E-state index in [2.05, 4.69) is 46.6 Å². The Morgan fingerprint density at radius 1 is 1.29 bits per heavy atom. The fraction of sp³-hybridized carbons (Fsp3) is 0.474. The molecule has 1 N–H and O–H groups in total. The molecule has 2 aliphatic rings. The van der Waals surface area contributed by atoms with Gasteiger partial charge in [-0.1, -0.05) is 42.4 Å². The first-order valence-corrected chi connectivity index (χ1v) is 8.73. The van der Waals surface area contributed by atoms with E-state index in [1.54, 1.807) is 6.07 Å².